The van der Waals surface area contributed by atoms with Crippen LogP contribution in [0.5, 0.6) is 0 Å². The highest BCUT2D eigenvalue weighted by atomic mass is 28.3. The molecule has 3 amide bonds. The van der Waals surface area contributed by atoms with Gasteiger partial charge in [0, 0.05) is 53.2 Å². The van der Waals surface area contributed by atoms with Gasteiger partial charge in [0.15, 0.2) is 5.60 Å². The van der Waals surface area contributed by atoms with Crippen LogP contribution in [-0.4, -0.2) is 75.2 Å². The number of alkyl halides is 2. The third-order valence-electron chi connectivity index (χ3n) is 11.9. The molecule has 9 rings (SSSR count). The van der Waals surface area contributed by atoms with Gasteiger partial charge in [-0.2, -0.15) is 0 Å². The highest BCUT2D eigenvalue weighted by molar-refractivity contribution is 7.03. The number of esters is 1. The maximum absolute atomic E-state index is 14.1. The number of nitrogens with one attached hydrogen (secondary N) is 1. The number of ether oxygens (including phenoxy) is 1. The maximum Gasteiger partial charge on any atom is 0.340 e. The number of benzene rings is 3. The number of hydrogen-bond acceptors (Lipinski definition) is 6. The zero-order valence-corrected chi connectivity index (χ0v) is 28.6. The Labute approximate surface area is 289 Å². The topological polar surface area (TPSA) is 96.0 Å². The van der Waals surface area contributed by atoms with Gasteiger partial charge in [-0.15, -0.1) is 0 Å². The summed E-state index contributed by atoms with van der Waals surface area (Å²) in [6, 6.07) is 19.8. The summed E-state index contributed by atoms with van der Waals surface area (Å²) in [4.78, 5) is 54.5. The minimum atomic E-state index is -2.44. The SMILES string of the molecule is O=C(NCCN1C(=O)C=CC1=O)c1ccc2c(c1)C1(OC2=O)c2ccc(C3CC(F)C3)cc2[Si]2(CCCCC2)c2cc(N3CC(F)C3)ccc21. The Hall–Kier alpha value is -4.64. The number of halogens is 2. The summed E-state index contributed by atoms with van der Waals surface area (Å²) < 4.78 is 34.8. The summed E-state index contributed by atoms with van der Waals surface area (Å²) in [5.74, 6) is -1.56. The number of amides is 3. The molecule has 8 nitrogen and oxygen atoms in total. The Bertz CT molecular complexity index is 1920. The van der Waals surface area contributed by atoms with Crippen LogP contribution in [-0.2, 0) is 19.9 Å². The molecule has 5 heterocycles. The molecular formula is C39H37F2N3O5Si. The van der Waals surface area contributed by atoms with E-state index in [0.29, 0.717) is 42.6 Å². The normalized spacial score (nSPS) is 26.0. The van der Waals surface area contributed by atoms with Gasteiger partial charge in [-0.1, -0.05) is 43.5 Å². The number of fused-ring (bicyclic) bond motifs is 8. The Morgan fingerprint density at radius 1 is 0.840 bits per heavy atom. The minimum Gasteiger partial charge on any atom is -0.441 e. The molecule has 1 atom stereocenters. The molecular weight excluding hydrogens is 657 g/mol. The number of rotatable bonds is 6. The second-order valence-electron chi connectivity index (χ2n) is 14.7. The van der Waals surface area contributed by atoms with Crippen LogP contribution in [0.3, 0.4) is 0 Å². The zero-order chi connectivity index (χ0) is 34.4. The predicted molar refractivity (Wildman–Crippen MR) is 185 cm³/mol. The highest BCUT2D eigenvalue weighted by Gasteiger charge is 2.59. The quantitative estimate of drug-likeness (QED) is 0.236. The molecule has 3 aromatic rings. The largest absolute Gasteiger partial charge is 0.441 e. The fourth-order valence-corrected chi connectivity index (χ4v) is 15.0. The zero-order valence-electron chi connectivity index (χ0n) is 27.6. The van der Waals surface area contributed by atoms with Crippen molar-refractivity contribution in [3.05, 3.63) is 100 Å². The molecule has 2 spiro atoms. The first-order valence-electron chi connectivity index (χ1n) is 17.7. The molecule has 2 saturated heterocycles. The number of imide groups is 1. The molecule has 6 aliphatic rings. The van der Waals surface area contributed by atoms with Gasteiger partial charge in [0.1, 0.15) is 20.4 Å². The molecule has 0 bridgehead atoms. The molecule has 50 heavy (non-hydrogen) atoms. The predicted octanol–water partition coefficient (Wildman–Crippen LogP) is 4.24. The number of nitrogens with zero attached hydrogens (tertiary/aromatic N) is 2. The summed E-state index contributed by atoms with van der Waals surface area (Å²) in [6.07, 6.45) is 5.10. The number of carbonyl (C=O) groups is 4. The molecule has 256 valence electrons. The van der Waals surface area contributed by atoms with Crippen molar-refractivity contribution in [2.75, 3.05) is 31.1 Å². The lowest BCUT2D eigenvalue weighted by Gasteiger charge is -2.49. The van der Waals surface area contributed by atoms with E-state index in [4.69, 9.17) is 4.74 Å². The van der Waals surface area contributed by atoms with Crippen molar-refractivity contribution < 1.29 is 32.7 Å². The Kier molecular flexibility index (Phi) is 7.17. The monoisotopic (exact) mass is 693 g/mol. The second-order valence-corrected chi connectivity index (χ2v) is 18.9. The third-order valence-corrected chi connectivity index (χ3v) is 17.2. The molecule has 3 fully saturated rings. The lowest BCUT2D eigenvalue weighted by Crippen LogP contribution is -2.67. The van der Waals surface area contributed by atoms with Crippen molar-refractivity contribution in [3.63, 3.8) is 0 Å². The van der Waals surface area contributed by atoms with Crippen molar-refractivity contribution in [3.8, 4) is 0 Å². The third kappa shape index (κ3) is 4.58. The standard InChI is InChI=1S/C39H37F2N3O5Si/c40-26-16-25(17-26)23-5-8-30-33(19-23)50(14-2-1-3-15-50)34-20-28(43-21-27(41)22-43)6-9-31(34)39(30)32-18-24(4-7-29(32)38(48)49-39)37(47)42-12-13-44-35(45)10-11-36(44)46/h4-11,18-20,25-27H,1-3,12-17,21-22H2,(H,42,47). The Balaban J connectivity index is 1.18. The Morgan fingerprint density at radius 2 is 1.54 bits per heavy atom. The molecule has 1 unspecified atom stereocenters. The van der Waals surface area contributed by atoms with Crippen molar-refractivity contribution >= 4 is 47.8 Å². The first kappa shape index (κ1) is 31.3. The van der Waals surface area contributed by atoms with Crippen molar-refractivity contribution in [2.45, 2.75) is 68.1 Å². The van der Waals surface area contributed by atoms with E-state index in [1.807, 2.05) is 6.07 Å². The van der Waals surface area contributed by atoms with E-state index in [0.717, 1.165) is 58.6 Å². The van der Waals surface area contributed by atoms with E-state index in [1.54, 1.807) is 18.2 Å². The summed E-state index contributed by atoms with van der Waals surface area (Å²) >= 11 is 0. The maximum atomic E-state index is 14.1. The van der Waals surface area contributed by atoms with E-state index in [2.05, 4.69) is 40.5 Å². The second kappa shape index (κ2) is 11.4. The lowest BCUT2D eigenvalue weighted by molar-refractivity contribution is -0.136. The van der Waals surface area contributed by atoms with Gasteiger partial charge in [-0.3, -0.25) is 19.3 Å². The van der Waals surface area contributed by atoms with E-state index >= 15 is 0 Å². The first-order valence-corrected chi connectivity index (χ1v) is 20.1. The van der Waals surface area contributed by atoms with Crippen molar-refractivity contribution in [2.24, 2.45) is 0 Å². The number of carbonyl (C=O) groups excluding carboxylic acids is 4. The molecule has 1 aliphatic carbocycles. The summed E-state index contributed by atoms with van der Waals surface area (Å²) in [5, 5.41) is 5.24. The Morgan fingerprint density at radius 3 is 2.24 bits per heavy atom. The van der Waals surface area contributed by atoms with Gasteiger partial charge in [0.2, 0.25) is 0 Å². The average molecular weight is 694 g/mol. The van der Waals surface area contributed by atoms with Crippen LogP contribution in [0.25, 0.3) is 0 Å². The minimum absolute atomic E-state index is 0.0370. The van der Waals surface area contributed by atoms with E-state index in [-0.39, 0.29) is 19.0 Å². The van der Waals surface area contributed by atoms with Crippen LogP contribution in [0.1, 0.15) is 81.0 Å². The van der Waals surface area contributed by atoms with Crippen LogP contribution in [0, 0.1) is 0 Å². The van der Waals surface area contributed by atoms with Crippen molar-refractivity contribution in [1.29, 1.82) is 0 Å². The van der Waals surface area contributed by atoms with Crippen LogP contribution in [0.4, 0.5) is 14.5 Å². The van der Waals surface area contributed by atoms with Crippen LogP contribution in [0.15, 0.2) is 66.7 Å². The smallest absolute Gasteiger partial charge is 0.340 e. The average Bonchev–Trinajstić information content (AvgIpc) is 3.58. The van der Waals surface area contributed by atoms with Gasteiger partial charge < -0.3 is 15.0 Å². The first-order chi connectivity index (χ1) is 24.2. The van der Waals surface area contributed by atoms with Crippen LogP contribution >= 0.6 is 0 Å². The van der Waals surface area contributed by atoms with Gasteiger partial charge in [0.05, 0.1) is 18.7 Å². The molecule has 11 heteroatoms. The molecule has 1 saturated carbocycles. The summed E-state index contributed by atoms with van der Waals surface area (Å²) in [5.41, 5.74) is 3.90. The van der Waals surface area contributed by atoms with E-state index in [1.165, 1.54) is 22.5 Å². The number of anilines is 1. The van der Waals surface area contributed by atoms with E-state index in [9.17, 15) is 28.0 Å². The summed E-state index contributed by atoms with van der Waals surface area (Å²) in [6.45, 7) is 0.795. The highest BCUT2D eigenvalue weighted by Crippen LogP contribution is 2.52. The van der Waals surface area contributed by atoms with Gasteiger partial charge >= 0.3 is 5.97 Å². The van der Waals surface area contributed by atoms with Crippen LogP contribution in [0.2, 0.25) is 12.1 Å². The lowest BCUT2D eigenvalue weighted by atomic mass is 9.75. The molecule has 0 radical (unpaired) electrons. The fraction of sp³-hybridized carbons (Fsp3) is 0.385. The van der Waals surface area contributed by atoms with Gasteiger partial charge in [0.25, 0.3) is 17.7 Å². The van der Waals surface area contributed by atoms with Gasteiger partial charge in [-0.05, 0) is 77.1 Å². The van der Waals surface area contributed by atoms with Gasteiger partial charge in [-0.25, -0.2) is 13.6 Å². The van der Waals surface area contributed by atoms with Crippen molar-refractivity contribution in [1.82, 2.24) is 10.2 Å². The molecule has 3 aromatic carbocycles. The molecule has 1 N–H and O–H groups in total. The fourth-order valence-electron chi connectivity index (χ4n) is 9.23. The number of hydrogen-bond donors (Lipinski definition) is 1. The molecule has 5 aliphatic heterocycles. The van der Waals surface area contributed by atoms with E-state index < -0.39 is 49.7 Å². The molecule has 0 aromatic heterocycles. The summed E-state index contributed by atoms with van der Waals surface area (Å²) in [7, 11) is -2.44. The van der Waals surface area contributed by atoms with Crippen LogP contribution < -0.4 is 20.6 Å².